The normalized spacial score (nSPS) is 12.5. The fourth-order valence-corrected chi connectivity index (χ4v) is 1.56. The number of aromatic nitrogens is 7. The van der Waals surface area contributed by atoms with Gasteiger partial charge >= 0.3 is 0 Å². The lowest BCUT2D eigenvalue weighted by Gasteiger charge is -2.04. The maximum absolute atomic E-state index is 5.22. The van der Waals surface area contributed by atoms with Crippen LogP contribution in [0.15, 0.2) is 29.3 Å². The molecule has 0 N–H and O–H groups in total. The summed E-state index contributed by atoms with van der Waals surface area (Å²) in [5, 5.41) is 15.9. The molecule has 8 nitrogen and oxygen atoms in total. The van der Waals surface area contributed by atoms with Crippen LogP contribution in [0.3, 0.4) is 0 Å². The minimum Gasteiger partial charge on any atom is -0.337 e. The van der Waals surface area contributed by atoms with Crippen molar-refractivity contribution in [2.45, 2.75) is 19.9 Å². The third-order valence-corrected chi connectivity index (χ3v) is 2.66. The first-order valence-corrected chi connectivity index (χ1v) is 5.72. The van der Waals surface area contributed by atoms with Gasteiger partial charge in [-0.25, -0.2) is 9.67 Å². The summed E-state index contributed by atoms with van der Waals surface area (Å²) in [5.74, 6) is 0.859. The first-order valence-electron chi connectivity index (χ1n) is 5.72. The fourth-order valence-electron chi connectivity index (χ4n) is 1.56. The second-order valence-corrected chi connectivity index (χ2v) is 4.07. The second kappa shape index (κ2) is 4.56. The largest absolute Gasteiger partial charge is 0.337 e. The van der Waals surface area contributed by atoms with E-state index in [1.165, 1.54) is 6.33 Å². The maximum atomic E-state index is 5.22. The van der Waals surface area contributed by atoms with E-state index in [4.69, 9.17) is 4.52 Å². The lowest BCUT2D eigenvalue weighted by Crippen LogP contribution is -2.07. The zero-order valence-corrected chi connectivity index (χ0v) is 10.4. The van der Waals surface area contributed by atoms with Crippen LogP contribution in [0.5, 0.6) is 0 Å². The predicted octanol–water partition coefficient (Wildman–Crippen LogP) is 1.04. The summed E-state index contributed by atoms with van der Waals surface area (Å²) >= 11 is 0. The van der Waals surface area contributed by atoms with Crippen LogP contribution in [-0.2, 0) is 0 Å². The first kappa shape index (κ1) is 11.5. The zero-order valence-electron chi connectivity index (χ0n) is 10.4. The van der Waals surface area contributed by atoms with Crippen LogP contribution >= 0.6 is 0 Å². The standard InChI is InChI=1S/C11H11N7O/c1-7-3-4-9(16-15-7)10-14-11(19-17-10)8(2)18-6-12-5-13-18/h3-6,8H,1-2H3/t8-/m0/s1. The van der Waals surface area contributed by atoms with E-state index in [-0.39, 0.29) is 6.04 Å². The number of hydrogen-bond acceptors (Lipinski definition) is 7. The van der Waals surface area contributed by atoms with Gasteiger partial charge in [0.2, 0.25) is 5.82 Å². The van der Waals surface area contributed by atoms with Crippen molar-refractivity contribution in [1.82, 2.24) is 35.1 Å². The molecule has 0 saturated carbocycles. The summed E-state index contributed by atoms with van der Waals surface area (Å²) in [6.07, 6.45) is 3.06. The Bertz CT molecular complexity index is 659. The lowest BCUT2D eigenvalue weighted by molar-refractivity contribution is 0.336. The fraction of sp³-hybridized carbons (Fsp3) is 0.273. The van der Waals surface area contributed by atoms with Gasteiger partial charge in [0.05, 0.1) is 5.69 Å². The second-order valence-electron chi connectivity index (χ2n) is 4.07. The molecule has 3 rings (SSSR count). The molecule has 1 atom stereocenters. The molecule has 0 bridgehead atoms. The summed E-state index contributed by atoms with van der Waals surface area (Å²) in [6.45, 7) is 3.76. The Balaban J connectivity index is 1.89. The summed E-state index contributed by atoms with van der Waals surface area (Å²) in [5.41, 5.74) is 1.41. The third-order valence-electron chi connectivity index (χ3n) is 2.66. The predicted molar refractivity (Wildman–Crippen MR) is 63.9 cm³/mol. The Morgan fingerprint density at radius 2 is 2.16 bits per heavy atom. The van der Waals surface area contributed by atoms with Crippen LogP contribution < -0.4 is 0 Å². The van der Waals surface area contributed by atoms with Gasteiger partial charge in [0, 0.05) is 0 Å². The van der Waals surface area contributed by atoms with Crippen LogP contribution in [-0.4, -0.2) is 35.1 Å². The van der Waals surface area contributed by atoms with Crippen molar-refractivity contribution in [3.63, 3.8) is 0 Å². The monoisotopic (exact) mass is 257 g/mol. The van der Waals surface area contributed by atoms with Crippen molar-refractivity contribution >= 4 is 0 Å². The molecule has 3 heterocycles. The number of nitrogens with zero attached hydrogens (tertiary/aromatic N) is 7. The minimum atomic E-state index is -0.179. The highest BCUT2D eigenvalue weighted by atomic mass is 16.5. The average Bonchev–Trinajstić information content (AvgIpc) is 3.10. The Kier molecular flexibility index (Phi) is 2.75. The van der Waals surface area contributed by atoms with Gasteiger partial charge in [-0.1, -0.05) is 5.16 Å². The molecule has 0 aliphatic carbocycles. The molecular formula is C11H11N7O. The molecule has 0 aliphatic rings. The SMILES string of the molecule is Cc1ccc(-c2noc([C@H](C)n3cncn3)n2)nn1. The number of aryl methyl sites for hydroxylation is 1. The Hall–Kier alpha value is -2.64. The molecule has 19 heavy (non-hydrogen) atoms. The molecule has 0 aromatic carbocycles. The topological polar surface area (TPSA) is 95.4 Å². The van der Waals surface area contributed by atoms with E-state index in [2.05, 4.69) is 30.4 Å². The van der Waals surface area contributed by atoms with E-state index in [9.17, 15) is 0 Å². The summed E-state index contributed by atoms with van der Waals surface area (Å²) in [4.78, 5) is 8.18. The first-order chi connectivity index (χ1) is 9.24. The van der Waals surface area contributed by atoms with E-state index < -0.39 is 0 Å². The van der Waals surface area contributed by atoms with Crippen molar-refractivity contribution < 1.29 is 4.52 Å². The van der Waals surface area contributed by atoms with Gasteiger partial charge in [0.1, 0.15) is 24.4 Å². The van der Waals surface area contributed by atoms with E-state index >= 15 is 0 Å². The van der Waals surface area contributed by atoms with E-state index in [0.717, 1.165) is 5.69 Å². The highest BCUT2D eigenvalue weighted by Crippen LogP contribution is 2.18. The van der Waals surface area contributed by atoms with Gasteiger partial charge in [0.15, 0.2) is 0 Å². The highest BCUT2D eigenvalue weighted by Gasteiger charge is 2.17. The molecule has 0 unspecified atom stereocenters. The Morgan fingerprint density at radius 1 is 1.26 bits per heavy atom. The molecule has 0 radical (unpaired) electrons. The van der Waals surface area contributed by atoms with E-state index in [0.29, 0.717) is 17.4 Å². The van der Waals surface area contributed by atoms with Gasteiger partial charge in [-0.2, -0.15) is 15.2 Å². The van der Waals surface area contributed by atoms with Crippen molar-refractivity contribution in [2.24, 2.45) is 0 Å². The van der Waals surface area contributed by atoms with Crippen molar-refractivity contribution in [1.29, 1.82) is 0 Å². The quantitative estimate of drug-likeness (QED) is 0.691. The molecule has 0 saturated heterocycles. The molecule has 3 aromatic rings. The van der Waals surface area contributed by atoms with Gasteiger partial charge in [-0.3, -0.25) is 0 Å². The molecule has 0 aliphatic heterocycles. The van der Waals surface area contributed by atoms with Crippen LogP contribution in [0.2, 0.25) is 0 Å². The van der Waals surface area contributed by atoms with Gasteiger partial charge in [0.25, 0.3) is 5.89 Å². The summed E-state index contributed by atoms with van der Waals surface area (Å²) in [6, 6.07) is 3.47. The maximum Gasteiger partial charge on any atom is 0.251 e. The number of rotatable bonds is 3. The zero-order chi connectivity index (χ0) is 13.2. The molecule has 0 spiro atoms. The molecule has 0 fully saturated rings. The summed E-state index contributed by atoms with van der Waals surface area (Å²) < 4.78 is 6.85. The number of hydrogen-bond donors (Lipinski definition) is 0. The highest BCUT2D eigenvalue weighted by molar-refractivity contribution is 5.46. The lowest BCUT2D eigenvalue weighted by atomic mass is 10.3. The van der Waals surface area contributed by atoms with Gasteiger partial charge in [-0.05, 0) is 26.0 Å². The van der Waals surface area contributed by atoms with E-state index in [1.807, 2.05) is 19.9 Å². The molecule has 96 valence electrons. The molecule has 0 amide bonds. The average molecular weight is 257 g/mol. The minimum absolute atomic E-state index is 0.179. The summed E-state index contributed by atoms with van der Waals surface area (Å²) in [7, 11) is 0. The van der Waals surface area contributed by atoms with Gasteiger partial charge < -0.3 is 4.52 Å². The van der Waals surface area contributed by atoms with Crippen LogP contribution in [0, 0.1) is 6.92 Å². The molecule has 8 heteroatoms. The van der Waals surface area contributed by atoms with Crippen LogP contribution in [0.4, 0.5) is 0 Å². The Morgan fingerprint density at radius 3 is 2.84 bits per heavy atom. The van der Waals surface area contributed by atoms with Crippen molar-refractivity contribution in [3.8, 4) is 11.5 Å². The van der Waals surface area contributed by atoms with Gasteiger partial charge in [-0.15, -0.1) is 5.10 Å². The van der Waals surface area contributed by atoms with Crippen LogP contribution in [0.25, 0.3) is 11.5 Å². The molecular weight excluding hydrogens is 246 g/mol. The van der Waals surface area contributed by atoms with Crippen molar-refractivity contribution in [3.05, 3.63) is 36.4 Å². The third kappa shape index (κ3) is 2.19. The smallest absolute Gasteiger partial charge is 0.251 e. The van der Waals surface area contributed by atoms with E-state index in [1.54, 1.807) is 17.1 Å². The van der Waals surface area contributed by atoms with Crippen molar-refractivity contribution in [2.75, 3.05) is 0 Å². The Labute approximate surface area is 108 Å². The van der Waals surface area contributed by atoms with Crippen LogP contribution in [0.1, 0.15) is 24.6 Å². The molecule has 3 aromatic heterocycles.